The van der Waals surface area contributed by atoms with Crippen molar-refractivity contribution in [2.75, 3.05) is 13.1 Å². The van der Waals surface area contributed by atoms with Crippen molar-refractivity contribution < 1.29 is 13.9 Å². The van der Waals surface area contributed by atoms with Crippen LogP contribution in [0, 0.1) is 0 Å². The molecule has 0 atom stereocenters. The molecule has 1 N–H and O–H groups in total. The Kier molecular flexibility index (Phi) is 5.22. The molecule has 0 aromatic carbocycles. The van der Waals surface area contributed by atoms with E-state index in [1.54, 1.807) is 11.2 Å². The number of nitrogens with zero attached hydrogens (tertiary/aromatic N) is 1. The Labute approximate surface area is 140 Å². The fraction of sp³-hybridized carbons (Fsp3) is 0.688. The van der Waals surface area contributed by atoms with Crippen LogP contribution in [0.1, 0.15) is 46.3 Å². The first-order valence-corrected chi connectivity index (χ1v) is 8.43. The lowest BCUT2D eigenvalue weighted by Gasteiger charge is -2.40. The largest absolute Gasteiger partial charge is 0.467 e. The highest BCUT2D eigenvalue weighted by Crippen LogP contribution is 2.25. The van der Waals surface area contributed by atoms with Crippen LogP contribution < -0.4 is 5.32 Å². The average molecular weight is 373 g/mol. The monoisotopic (exact) mass is 372 g/mol. The average Bonchev–Trinajstić information content (AvgIpc) is 2.81. The molecule has 0 unspecified atom stereocenters. The molecule has 1 aliphatic heterocycles. The maximum atomic E-state index is 12.1. The number of piperidine rings is 1. The molecule has 1 aliphatic rings. The van der Waals surface area contributed by atoms with Crippen LogP contribution in [0.5, 0.6) is 0 Å². The van der Waals surface area contributed by atoms with E-state index >= 15 is 0 Å². The molecule has 1 amide bonds. The molecule has 22 heavy (non-hydrogen) atoms. The number of rotatable bonds is 3. The van der Waals surface area contributed by atoms with Crippen LogP contribution in [0.3, 0.4) is 0 Å². The summed E-state index contributed by atoms with van der Waals surface area (Å²) in [5.41, 5.74) is -0.438. The summed E-state index contributed by atoms with van der Waals surface area (Å²) < 4.78 is 11.8. The van der Waals surface area contributed by atoms with E-state index in [1.807, 2.05) is 26.8 Å². The number of carbonyl (C=O) groups is 1. The highest BCUT2D eigenvalue weighted by molar-refractivity contribution is 9.10. The standard InChI is InChI=1S/C16H25BrN2O3/c1-15(2,3)22-14(20)19-8-6-16(4,7-9-19)18-11-13-12(17)5-10-21-13/h5,10,18H,6-9,11H2,1-4H3. The van der Waals surface area contributed by atoms with Crippen molar-refractivity contribution in [3.8, 4) is 0 Å². The minimum atomic E-state index is -0.443. The first-order valence-electron chi connectivity index (χ1n) is 7.63. The van der Waals surface area contributed by atoms with Gasteiger partial charge in [-0.2, -0.15) is 0 Å². The quantitative estimate of drug-likeness (QED) is 0.873. The maximum Gasteiger partial charge on any atom is 0.410 e. The molecule has 124 valence electrons. The predicted molar refractivity (Wildman–Crippen MR) is 88.7 cm³/mol. The number of likely N-dealkylation sites (tertiary alicyclic amines) is 1. The van der Waals surface area contributed by atoms with Gasteiger partial charge in [0.25, 0.3) is 0 Å². The van der Waals surface area contributed by atoms with Crippen LogP contribution in [0.15, 0.2) is 21.2 Å². The number of carbonyl (C=O) groups excluding carboxylic acids is 1. The molecule has 0 radical (unpaired) electrons. The van der Waals surface area contributed by atoms with E-state index in [-0.39, 0.29) is 11.6 Å². The van der Waals surface area contributed by atoms with Gasteiger partial charge in [0.1, 0.15) is 11.4 Å². The summed E-state index contributed by atoms with van der Waals surface area (Å²) in [6, 6.07) is 1.89. The number of ether oxygens (including phenoxy) is 1. The van der Waals surface area contributed by atoms with E-state index in [9.17, 15) is 4.79 Å². The number of nitrogens with one attached hydrogen (secondary N) is 1. The molecule has 1 fully saturated rings. The number of halogens is 1. The van der Waals surface area contributed by atoms with Crippen LogP contribution in [0.4, 0.5) is 4.79 Å². The smallest absolute Gasteiger partial charge is 0.410 e. The molecular weight excluding hydrogens is 348 g/mol. The van der Waals surface area contributed by atoms with E-state index in [1.165, 1.54) is 0 Å². The minimum absolute atomic E-state index is 0.00470. The molecule has 6 heteroatoms. The lowest BCUT2D eigenvalue weighted by atomic mass is 9.89. The lowest BCUT2D eigenvalue weighted by molar-refractivity contribution is 0.0155. The van der Waals surface area contributed by atoms with Crippen molar-refractivity contribution in [2.24, 2.45) is 0 Å². The van der Waals surface area contributed by atoms with Crippen molar-refractivity contribution in [3.63, 3.8) is 0 Å². The zero-order valence-electron chi connectivity index (χ0n) is 13.7. The molecule has 1 aromatic heterocycles. The van der Waals surface area contributed by atoms with Crippen molar-refractivity contribution in [1.29, 1.82) is 0 Å². The summed E-state index contributed by atoms with van der Waals surface area (Å²) in [6.45, 7) is 9.95. The summed E-state index contributed by atoms with van der Waals surface area (Å²) in [6.07, 6.45) is 3.24. The van der Waals surface area contributed by atoms with Gasteiger partial charge in [0.15, 0.2) is 0 Å². The maximum absolute atomic E-state index is 12.1. The molecule has 2 rings (SSSR count). The van der Waals surface area contributed by atoms with E-state index in [4.69, 9.17) is 9.15 Å². The number of hydrogen-bond acceptors (Lipinski definition) is 4. The topological polar surface area (TPSA) is 54.7 Å². The molecule has 0 aliphatic carbocycles. The Morgan fingerprint density at radius 3 is 2.59 bits per heavy atom. The Bertz CT molecular complexity index is 514. The summed E-state index contributed by atoms with van der Waals surface area (Å²) in [5, 5.41) is 3.55. The first-order chi connectivity index (χ1) is 10.2. The minimum Gasteiger partial charge on any atom is -0.467 e. The number of amides is 1. The van der Waals surface area contributed by atoms with Gasteiger partial charge >= 0.3 is 6.09 Å². The van der Waals surface area contributed by atoms with Crippen molar-refractivity contribution in [3.05, 3.63) is 22.6 Å². The highest BCUT2D eigenvalue weighted by Gasteiger charge is 2.33. The fourth-order valence-electron chi connectivity index (χ4n) is 2.43. The fourth-order valence-corrected chi connectivity index (χ4v) is 2.77. The molecule has 0 saturated carbocycles. The summed E-state index contributed by atoms with van der Waals surface area (Å²) in [4.78, 5) is 13.9. The van der Waals surface area contributed by atoms with Gasteiger partial charge in [0.2, 0.25) is 0 Å². The third kappa shape index (κ3) is 4.74. The van der Waals surface area contributed by atoms with Gasteiger partial charge in [-0.3, -0.25) is 0 Å². The van der Waals surface area contributed by atoms with Crippen LogP contribution in [-0.4, -0.2) is 35.2 Å². The van der Waals surface area contributed by atoms with Gasteiger partial charge in [0.05, 0.1) is 17.3 Å². The van der Waals surface area contributed by atoms with E-state index < -0.39 is 5.60 Å². The van der Waals surface area contributed by atoms with E-state index in [0.29, 0.717) is 19.6 Å². The second-order valence-corrected chi connectivity index (χ2v) is 7.93. The van der Waals surface area contributed by atoms with Crippen LogP contribution in [0.2, 0.25) is 0 Å². The number of furan rings is 1. The van der Waals surface area contributed by atoms with Crippen molar-refractivity contribution in [1.82, 2.24) is 10.2 Å². The third-order valence-electron chi connectivity index (χ3n) is 3.89. The van der Waals surface area contributed by atoms with Gasteiger partial charge in [-0.1, -0.05) is 0 Å². The zero-order chi connectivity index (χ0) is 16.4. The molecule has 5 nitrogen and oxygen atoms in total. The van der Waals surface area contributed by atoms with Crippen LogP contribution in [0.25, 0.3) is 0 Å². The lowest BCUT2D eigenvalue weighted by Crippen LogP contribution is -2.53. The molecule has 1 saturated heterocycles. The Hall–Kier alpha value is -1.01. The second kappa shape index (κ2) is 6.62. The summed E-state index contributed by atoms with van der Waals surface area (Å²) in [7, 11) is 0. The Morgan fingerprint density at radius 2 is 2.09 bits per heavy atom. The zero-order valence-corrected chi connectivity index (χ0v) is 15.3. The molecular formula is C16H25BrN2O3. The summed E-state index contributed by atoms with van der Waals surface area (Å²) in [5.74, 6) is 0.899. The molecule has 1 aromatic rings. The Balaban J connectivity index is 1.83. The van der Waals surface area contributed by atoms with Crippen LogP contribution >= 0.6 is 15.9 Å². The first kappa shape index (κ1) is 17.3. The SMILES string of the molecule is CC1(NCc2occc2Br)CCN(C(=O)OC(C)(C)C)CC1. The van der Waals surface area contributed by atoms with Crippen molar-refractivity contribution in [2.45, 2.75) is 58.2 Å². The van der Waals surface area contributed by atoms with E-state index in [2.05, 4.69) is 28.2 Å². The third-order valence-corrected chi connectivity index (χ3v) is 4.59. The van der Waals surface area contributed by atoms with Gasteiger partial charge in [-0.15, -0.1) is 0 Å². The Morgan fingerprint density at radius 1 is 1.45 bits per heavy atom. The summed E-state index contributed by atoms with van der Waals surface area (Å²) >= 11 is 3.46. The van der Waals surface area contributed by atoms with Gasteiger partial charge in [-0.25, -0.2) is 4.79 Å². The van der Waals surface area contributed by atoms with Gasteiger partial charge < -0.3 is 19.4 Å². The van der Waals surface area contributed by atoms with Crippen molar-refractivity contribution >= 4 is 22.0 Å². The predicted octanol–water partition coefficient (Wildman–Crippen LogP) is 3.92. The second-order valence-electron chi connectivity index (χ2n) is 7.07. The van der Waals surface area contributed by atoms with E-state index in [0.717, 1.165) is 23.1 Å². The van der Waals surface area contributed by atoms with Gasteiger partial charge in [0, 0.05) is 18.6 Å². The molecule has 0 bridgehead atoms. The van der Waals surface area contributed by atoms with Crippen LogP contribution in [-0.2, 0) is 11.3 Å². The molecule has 2 heterocycles. The normalized spacial score (nSPS) is 18.3. The van der Waals surface area contributed by atoms with Gasteiger partial charge in [-0.05, 0) is 62.5 Å². The highest BCUT2D eigenvalue weighted by atomic mass is 79.9. The number of hydrogen-bond donors (Lipinski definition) is 1. The molecule has 0 spiro atoms.